The number of hydrogen-bond acceptors (Lipinski definition) is 6. The molecule has 0 aromatic carbocycles. The molecule has 3 rings (SSSR count). The highest BCUT2D eigenvalue weighted by molar-refractivity contribution is 5.91. The molecule has 0 radical (unpaired) electrons. The second-order valence-corrected chi connectivity index (χ2v) is 8.27. The van der Waals surface area contributed by atoms with E-state index in [4.69, 9.17) is 9.26 Å². The van der Waals surface area contributed by atoms with E-state index in [-0.39, 0.29) is 36.0 Å². The number of anilines is 1. The number of aryl methyl sites for hydroxylation is 1. The molecular weight excluding hydrogens is 362 g/mol. The summed E-state index contributed by atoms with van der Waals surface area (Å²) in [6.07, 6.45) is 2.03. The third-order valence-corrected chi connectivity index (χ3v) is 4.46. The van der Waals surface area contributed by atoms with E-state index in [0.717, 1.165) is 25.0 Å². The quantitative estimate of drug-likeness (QED) is 0.722. The maximum Gasteiger partial charge on any atom is 0.407 e. The first-order valence-electron chi connectivity index (χ1n) is 9.44. The summed E-state index contributed by atoms with van der Waals surface area (Å²) >= 11 is 0. The van der Waals surface area contributed by atoms with Gasteiger partial charge in [0.2, 0.25) is 5.91 Å². The van der Waals surface area contributed by atoms with Crippen LogP contribution in [0.5, 0.6) is 0 Å². The van der Waals surface area contributed by atoms with Gasteiger partial charge in [0.15, 0.2) is 5.82 Å². The number of carbonyl (C=O) groups excluding carboxylic acids is 2. The summed E-state index contributed by atoms with van der Waals surface area (Å²) in [5.74, 6) is 1.13. The molecule has 1 fully saturated rings. The largest absolute Gasteiger partial charge is 0.446 e. The van der Waals surface area contributed by atoms with E-state index in [1.165, 1.54) is 0 Å². The lowest BCUT2D eigenvalue weighted by atomic mass is 10.0. The number of amides is 2. The second-order valence-electron chi connectivity index (χ2n) is 8.27. The Labute approximate surface area is 163 Å². The van der Waals surface area contributed by atoms with Gasteiger partial charge in [0.25, 0.3) is 0 Å². The van der Waals surface area contributed by atoms with Crippen molar-refractivity contribution in [1.29, 1.82) is 0 Å². The van der Waals surface area contributed by atoms with Crippen LogP contribution in [-0.2, 0) is 16.0 Å². The Bertz CT molecular complexity index is 835. The second kappa shape index (κ2) is 8.04. The van der Waals surface area contributed by atoms with Crippen molar-refractivity contribution >= 4 is 17.8 Å². The summed E-state index contributed by atoms with van der Waals surface area (Å²) in [6.45, 7) is 7.52. The monoisotopic (exact) mass is 389 g/mol. The zero-order valence-electron chi connectivity index (χ0n) is 16.7. The lowest BCUT2D eigenvalue weighted by Gasteiger charge is -2.22. The maximum absolute atomic E-state index is 12.1. The van der Waals surface area contributed by atoms with Gasteiger partial charge in [0, 0.05) is 29.3 Å². The van der Waals surface area contributed by atoms with Gasteiger partial charge in [-0.2, -0.15) is 5.10 Å². The van der Waals surface area contributed by atoms with E-state index in [2.05, 4.69) is 26.0 Å². The van der Waals surface area contributed by atoms with Crippen LogP contribution in [0.25, 0.3) is 0 Å². The van der Waals surface area contributed by atoms with Crippen LogP contribution in [0.2, 0.25) is 0 Å². The van der Waals surface area contributed by atoms with Crippen molar-refractivity contribution in [2.24, 2.45) is 0 Å². The maximum atomic E-state index is 12.1. The zero-order chi connectivity index (χ0) is 20.3. The van der Waals surface area contributed by atoms with Gasteiger partial charge in [-0.3, -0.25) is 9.89 Å². The van der Waals surface area contributed by atoms with E-state index in [0.29, 0.717) is 17.3 Å². The molecular formula is C19H27N5O4. The number of nitrogens with zero attached hydrogens (tertiary/aromatic N) is 2. The van der Waals surface area contributed by atoms with Crippen molar-refractivity contribution in [3.63, 3.8) is 0 Å². The fraction of sp³-hybridized carbons (Fsp3) is 0.579. The van der Waals surface area contributed by atoms with Crippen LogP contribution in [0, 0.1) is 6.92 Å². The highest BCUT2D eigenvalue weighted by Gasteiger charge is 2.30. The molecule has 0 spiro atoms. The third-order valence-electron chi connectivity index (χ3n) is 4.46. The van der Waals surface area contributed by atoms with Crippen molar-refractivity contribution < 1.29 is 18.8 Å². The van der Waals surface area contributed by atoms with Crippen LogP contribution >= 0.6 is 0 Å². The number of aromatic nitrogens is 3. The summed E-state index contributed by atoms with van der Waals surface area (Å²) in [5, 5.41) is 16.5. The van der Waals surface area contributed by atoms with Crippen molar-refractivity contribution in [2.75, 3.05) is 5.32 Å². The predicted molar refractivity (Wildman–Crippen MR) is 102 cm³/mol. The fourth-order valence-electron chi connectivity index (χ4n) is 3.28. The molecule has 2 aromatic rings. The summed E-state index contributed by atoms with van der Waals surface area (Å²) in [4.78, 5) is 24.0. The van der Waals surface area contributed by atoms with Gasteiger partial charge in [-0.05, 0) is 47.0 Å². The third kappa shape index (κ3) is 5.58. The topological polar surface area (TPSA) is 122 Å². The predicted octanol–water partition coefficient (Wildman–Crippen LogP) is 3.05. The Morgan fingerprint density at radius 2 is 2.11 bits per heavy atom. The van der Waals surface area contributed by atoms with Crippen LogP contribution in [-0.4, -0.2) is 39.0 Å². The van der Waals surface area contributed by atoms with Crippen LogP contribution < -0.4 is 10.6 Å². The first-order valence-corrected chi connectivity index (χ1v) is 9.44. The minimum atomic E-state index is -0.390. The van der Waals surface area contributed by atoms with Gasteiger partial charge in [-0.25, -0.2) is 4.79 Å². The molecule has 2 amide bonds. The Kier molecular flexibility index (Phi) is 5.71. The number of aromatic amines is 1. The molecule has 1 saturated carbocycles. The van der Waals surface area contributed by atoms with E-state index in [9.17, 15) is 9.59 Å². The lowest BCUT2D eigenvalue weighted by Crippen LogP contribution is -2.42. The van der Waals surface area contributed by atoms with Gasteiger partial charge in [-0.15, -0.1) is 0 Å². The molecule has 0 aliphatic heterocycles. The number of rotatable bonds is 5. The van der Waals surface area contributed by atoms with Gasteiger partial charge in [0.1, 0.15) is 11.9 Å². The lowest BCUT2D eigenvalue weighted by molar-refractivity contribution is -0.115. The van der Waals surface area contributed by atoms with Gasteiger partial charge >= 0.3 is 6.09 Å². The molecule has 9 nitrogen and oxygen atoms in total. The molecule has 28 heavy (non-hydrogen) atoms. The molecule has 2 atom stereocenters. The van der Waals surface area contributed by atoms with Crippen molar-refractivity contribution in [1.82, 2.24) is 20.7 Å². The van der Waals surface area contributed by atoms with E-state index in [1.807, 2.05) is 26.8 Å². The Morgan fingerprint density at radius 3 is 2.79 bits per heavy atom. The number of alkyl carbamates (subject to hydrolysis) is 1. The number of nitrogens with one attached hydrogen (secondary N) is 3. The fourth-order valence-corrected chi connectivity index (χ4v) is 3.28. The standard InChI is InChI=1S/C19H27N5O4/c1-11-7-13(24-28-11)9-17(25)20-16-10-15(22-23-16)12-5-6-14(8-12)27-18(26)21-19(2,3)4/h7,10,12,14H,5-6,8-9H2,1-4H3,(H,21,26)(H2,20,22,23,25). The van der Waals surface area contributed by atoms with Crippen LogP contribution in [0.4, 0.5) is 10.6 Å². The van der Waals surface area contributed by atoms with E-state index in [1.54, 1.807) is 13.0 Å². The molecule has 1 aliphatic rings. The van der Waals surface area contributed by atoms with Crippen LogP contribution in [0.15, 0.2) is 16.7 Å². The zero-order valence-corrected chi connectivity index (χ0v) is 16.7. The molecule has 2 unspecified atom stereocenters. The van der Waals surface area contributed by atoms with Crippen molar-refractivity contribution in [3.05, 3.63) is 29.3 Å². The summed E-state index contributed by atoms with van der Waals surface area (Å²) in [6, 6.07) is 3.55. The molecule has 3 N–H and O–H groups in total. The van der Waals surface area contributed by atoms with Crippen LogP contribution in [0.3, 0.4) is 0 Å². The van der Waals surface area contributed by atoms with Gasteiger partial charge in [0.05, 0.1) is 12.1 Å². The summed E-state index contributed by atoms with van der Waals surface area (Å²) in [5.41, 5.74) is 1.18. The van der Waals surface area contributed by atoms with E-state index < -0.39 is 0 Å². The molecule has 2 aromatic heterocycles. The highest BCUT2D eigenvalue weighted by atomic mass is 16.6. The first kappa shape index (κ1) is 19.9. The number of carbonyl (C=O) groups is 2. The molecule has 0 saturated heterocycles. The van der Waals surface area contributed by atoms with Crippen molar-refractivity contribution in [2.45, 2.75) is 70.9 Å². The van der Waals surface area contributed by atoms with Crippen molar-refractivity contribution in [3.8, 4) is 0 Å². The number of H-pyrrole nitrogens is 1. The van der Waals surface area contributed by atoms with E-state index >= 15 is 0 Å². The number of ether oxygens (including phenoxy) is 1. The average Bonchev–Trinajstić information content (AvgIpc) is 3.27. The minimum absolute atomic E-state index is 0.121. The Balaban J connectivity index is 1.49. The molecule has 0 bridgehead atoms. The Morgan fingerprint density at radius 1 is 1.32 bits per heavy atom. The summed E-state index contributed by atoms with van der Waals surface area (Å²) < 4.78 is 10.5. The summed E-state index contributed by atoms with van der Waals surface area (Å²) in [7, 11) is 0. The molecule has 1 aliphatic carbocycles. The highest BCUT2D eigenvalue weighted by Crippen LogP contribution is 2.35. The molecule has 2 heterocycles. The number of hydrogen-bond donors (Lipinski definition) is 3. The SMILES string of the molecule is Cc1cc(CC(=O)Nc2cc(C3CCC(OC(=O)NC(C)(C)C)C3)[nH]n2)no1. The molecule has 9 heteroatoms. The first-order chi connectivity index (χ1) is 13.2. The smallest absolute Gasteiger partial charge is 0.407 e. The normalized spacial score (nSPS) is 19.4. The molecule has 152 valence electrons. The Hall–Kier alpha value is -2.84. The van der Waals surface area contributed by atoms with Crippen LogP contribution in [0.1, 0.15) is 63.1 Å². The minimum Gasteiger partial charge on any atom is -0.446 e. The average molecular weight is 389 g/mol. The van der Waals surface area contributed by atoms with Gasteiger partial charge < -0.3 is 19.9 Å². The van der Waals surface area contributed by atoms with Gasteiger partial charge in [-0.1, -0.05) is 5.16 Å².